The van der Waals surface area contributed by atoms with Crippen molar-refractivity contribution in [3.05, 3.63) is 84.0 Å². The van der Waals surface area contributed by atoms with Crippen LogP contribution < -0.4 is 4.90 Å². The quantitative estimate of drug-likeness (QED) is 0.240. The molecule has 0 aliphatic carbocycles. The van der Waals surface area contributed by atoms with Gasteiger partial charge in [-0.1, -0.05) is 18.2 Å². The number of carbonyl (C=O) groups is 2. The number of aromatic nitrogens is 5. The number of aryl methyl sites for hydroxylation is 1. The van der Waals surface area contributed by atoms with Crippen LogP contribution in [0.4, 0.5) is 18.9 Å². The lowest BCUT2D eigenvalue weighted by Gasteiger charge is -2.29. The molecule has 1 atom stereocenters. The predicted molar refractivity (Wildman–Crippen MR) is 178 cm³/mol. The van der Waals surface area contributed by atoms with E-state index in [-0.39, 0.29) is 23.9 Å². The monoisotopic (exact) mass is 682 g/mol. The van der Waals surface area contributed by atoms with Crippen molar-refractivity contribution in [2.45, 2.75) is 32.4 Å². The van der Waals surface area contributed by atoms with E-state index in [1.807, 2.05) is 35.2 Å². The zero-order valence-corrected chi connectivity index (χ0v) is 27.2. The van der Waals surface area contributed by atoms with Crippen molar-refractivity contribution in [1.29, 1.82) is 0 Å². The van der Waals surface area contributed by atoms with Crippen LogP contribution in [-0.2, 0) is 15.8 Å². The number of nitrogens with one attached hydrogen (secondary N) is 1. The summed E-state index contributed by atoms with van der Waals surface area (Å²) < 4.78 is 45.5. The largest absolute Gasteiger partial charge is 0.433 e. The number of carbonyl (C=O) groups excluding carboxylic acids is 2. The molecule has 0 radical (unpaired) electrons. The number of benzene rings is 2. The van der Waals surface area contributed by atoms with Crippen molar-refractivity contribution >= 4 is 34.0 Å². The lowest BCUT2D eigenvalue weighted by Crippen LogP contribution is -2.43. The minimum absolute atomic E-state index is 0.00547. The van der Waals surface area contributed by atoms with Gasteiger partial charge in [0.15, 0.2) is 0 Å². The Hall–Kier alpha value is -5.37. The van der Waals surface area contributed by atoms with Crippen LogP contribution in [0.25, 0.3) is 39.2 Å². The second kappa shape index (κ2) is 12.2. The molecular weight excluding hydrogens is 649 g/mol. The van der Waals surface area contributed by atoms with Gasteiger partial charge >= 0.3 is 6.18 Å². The Bertz CT molecular complexity index is 2140. The summed E-state index contributed by atoms with van der Waals surface area (Å²) in [4.78, 5) is 36.5. The highest BCUT2D eigenvalue weighted by molar-refractivity contribution is 6.03. The third kappa shape index (κ3) is 5.82. The minimum Gasteiger partial charge on any atom is -0.421 e. The van der Waals surface area contributed by atoms with E-state index < -0.39 is 17.3 Å². The van der Waals surface area contributed by atoms with Crippen molar-refractivity contribution in [1.82, 2.24) is 35.2 Å². The zero-order chi connectivity index (χ0) is 34.6. The summed E-state index contributed by atoms with van der Waals surface area (Å²) >= 11 is 0. The van der Waals surface area contributed by atoms with E-state index in [0.29, 0.717) is 79.6 Å². The highest BCUT2D eigenvalue weighted by atomic mass is 19.4. The number of fused-ring (bicyclic) bond motifs is 1. The van der Waals surface area contributed by atoms with Crippen LogP contribution in [0.5, 0.6) is 0 Å². The first kappa shape index (κ1) is 31.9. The Morgan fingerprint density at radius 1 is 0.980 bits per heavy atom. The van der Waals surface area contributed by atoms with Gasteiger partial charge in [0.25, 0.3) is 0 Å². The van der Waals surface area contributed by atoms with Gasteiger partial charge in [0.1, 0.15) is 11.4 Å². The number of hydrogen-bond acceptors (Lipinski definition) is 8. The number of aromatic amines is 1. The minimum atomic E-state index is -4.58. The smallest absolute Gasteiger partial charge is 0.421 e. The maximum Gasteiger partial charge on any atom is 0.433 e. The van der Waals surface area contributed by atoms with Crippen LogP contribution in [0.3, 0.4) is 0 Å². The summed E-state index contributed by atoms with van der Waals surface area (Å²) in [5.41, 5.74) is 3.51. The molecule has 2 saturated heterocycles. The summed E-state index contributed by atoms with van der Waals surface area (Å²) in [6.45, 7) is 4.84. The first-order valence-corrected chi connectivity index (χ1v) is 16.5. The van der Waals surface area contributed by atoms with Crippen LogP contribution in [0.1, 0.15) is 36.4 Å². The highest BCUT2D eigenvalue weighted by Gasteiger charge is 2.51. The van der Waals surface area contributed by atoms with E-state index in [0.717, 1.165) is 29.8 Å². The van der Waals surface area contributed by atoms with Crippen molar-refractivity contribution in [2.24, 2.45) is 5.41 Å². The Morgan fingerprint density at radius 2 is 1.78 bits per heavy atom. The second-order valence-electron chi connectivity index (χ2n) is 13.2. The number of anilines is 1. The summed E-state index contributed by atoms with van der Waals surface area (Å²) in [6.07, 6.45) is 0.705. The normalized spacial score (nSPS) is 20.0. The van der Waals surface area contributed by atoms with Gasteiger partial charge in [0.05, 0.1) is 17.5 Å². The molecular formula is C36H33F3N8O3. The molecule has 1 N–H and O–H groups in total. The van der Waals surface area contributed by atoms with Crippen LogP contribution in [0.2, 0.25) is 0 Å². The highest BCUT2D eigenvalue weighted by Crippen LogP contribution is 2.43. The van der Waals surface area contributed by atoms with E-state index in [9.17, 15) is 22.8 Å². The van der Waals surface area contributed by atoms with Gasteiger partial charge in [-0.3, -0.25) is 24.6 Å². The molecule has 14 heteroatoms. The fourth-order valence-corrected chi connectivity index (χ4v) is 7.35. The number of amides is 2. The summed E-state index contributed by atoms with van der Waals surface area (Å²) in [5, 5.41) is 15.7. The molecule has 2 fully saturated rings. The van der Waals surface area contributed by atoms with Crippen molar-refractivity contribution in [3.63, 3.8) is 0 Å². The van der Waals surface area contributed by atoms with Crippen LogP contribution in [-0.4, -0.2) is 86.3 Å². The molecule has 3 aromatic heterocycles. The molecule has 3 aliphatic heterocycles. The molecule has 2 aromatic carbocycles. The lowest BCUT2D eigenvalue weighted by atomic mass is 9.85. The number of likely N-dealkylation sites (tertiary alicyclic amines) is 1. The Kier molecular flexibility index (Phi) is 7.77. The third-order valence-electron chi connectivity index (χ3n) is 10.1. The van der Waals surface area contributed by atoms with Crippen LogP contribution in [0.15, 0.2) is 71.3 Å². The molecule has 1 unspecified atom stereocenters. The Balaban J connectivity index is 0.903. The first-order chi connectivity index (χ1) is 24.1. The summed E-state index contributed by atoms with van der Waals surface area (Å²) in [6, 6.07) is 15.9. The lowest BCUT2D eigenvalue weighted by molar-refractivity contribution is -0.141. The number of pyridine rings is 1. The number of hydrogen-bond donors (Lipinski definition) is 1. The van der Waals surface area contributed by atoms with Crippen molar-refractivity contribution in [3.8, 4) is 22.7 Å². The molecule has 0 saturated carbocycles. The molecule has 6 heterocycles. The number of alkyl halides is 3. The molecule has 0 bridgehead atoms. The topological polar surface area (TPSA) is 124 Å². The maximum absolute atomic E-state index is 13.9. The van der Waals surface area contributed by atoms with Gasteiger partial charge in [-0.2, -0.15) is 18.3 Å². The van der Waals surface area contributed by atoms with Crippen LogP contribution in [0, 0.1) is 12.3 Å². The van der Waals surface area contributed by atoms with Crippen molar-refractivity contribution in [2.75, 3.05) is 44.2 Å². The first-order valence-electron chi connectivity index (χ1n) is 16.5. The number of H-pyrrole nitrogens is 1. The molecule has 11 nitrogen and oxygen atoms in total. The fourth-order valence-electron chi connectivity index (χ4n) is 7.35. The van der Waals surface area contributed by atoms with E-state index in [1.165, 1.54) is 11.6 Å². The average Bonchev–Trinajstić information content (AvgIpc) is 3.92. The molecule has 50 heavy (non-hydrogen) atoms. The molecule has 256 valence electrons. The zero-order valence-electron chi connectivity index (χ0n) is 27.2. The van der Waals surface area contributed by atoms with Gasteiger partial charge in [0.2, 0.25) is 23.6 Å². The molecule has 3 aliphatic rings. The van der Waals surface area contributed by atoms with Gasteiger partial charge in [-0.25, -0.2) is 0 Å². The summed E-state index contributed by atoms with van der Waals surface area (Å²) in [5.74, 6) is 1.05. The maximum atomic E-state index is 13.9. The number of rotatable bonds is 6. The van der Waals surface area contributed by atoms with Gasteiger partial charge in [-0.05, 0) is 79.4 Å². The Labute approximate surface area is 284 Å². The van der Waals surface area contributed by atoms with E-state index >= 15 is 0 Å². The number of halogens is 3. The molecule has 5 aromatic rings. The second-order valence-corrected chi connectivity index (χ2v) is 13.2. The molecule has 2 amide bonds. The molecule has 1 spiro atoms. The van der Waals surface area contributed by atoms with E-state index in [4.69, 9.17) is 4.42 Å². The fraction of sp³-hybridized carbons (Fsp3) is 0.333. The van der Waals surface area contributed by atoms with Gasteiger partial charge in [0, 0.05) is 61.5 Å². The SMILES string of the molecule is Cc1nnc(-c2ccc(C3=CCN(C(=O)CN4CCC5(CCN(c6ccc7[nH]nc(-c8ccnc(C(F)(F)F)c8)c7c6)C5=O)C4)CC3)cc2)o1. The third-order valence-corrected chi connectivity index (χ3v) is 10.1. The Morgan fingerprint density at radius 3 is 2.52 bits per heavy atom. The van der Waals surface area contributed by atoms with Gasteiger partial charge < -0.3 is 14.2 Å². The van der Waals surface area contributed by atoms with Crippen molar-refractivity contribution < 1.29 is 27.2 Å². The van der Waals surface area contributed by atoms with E-state index in [1.54, 1.807) is 24.0 Å². The predicted octanol–water partition coefficient (Wildman–Crippen LogP) is 5.75. The molecule has 8 rings (SSSR count). The standard InChI is InChI=1S/C36H33F3N8O3/c1-22-41-44-33(50-22)25-4-2-23(3-5-25)24-9-14-46(15-10-24)31(48)20-45-16-11-35(21-45)12-17-47(34(35)49)27-6-7-29-28(19-27)32(43-42-29)26-8-13-40-30(18-26)36(37,38)39/h2-9,13,18-19H,10-12,14-17,20-21H2,1H3,(H,42,43). The summed E-state index contributed by atoms with van der Waals surface area (Å²) in [7, 11) is 0. The number of nitrogens with zero attached hydrogens (tertiary/aromatic N) is 7. The van der Waals surface area contributed by atoms with Gasteiger partial charge in [-0.15, -0.1) is 10.2 Å². The average molecular weight is 683 g/mol. The van der Waals surface area contributed by atoms with Crippen LogP contribution >= 0.6 is 0 Å². The van der Waals surface area contributed by atoms with E-state index in [2.05, 4.69) is 36.4 Å².